The third-order valence-electron chi connectivity index (χ3n) is 3.47. The van der Waals surface area contributed by atoms with E-state index in [-0.39, 0.29) is 23.7 Å². The summed E-state index contributed by atoms with van der Waals surface area (Å²) in [5.41, 5.74) is 2.60. The molecule has 1 aromatic carbocycles. The van der Waals surface area contributed by atoms with E-state index in [1.54, 1.807) is 0 Å². The van der Waals surface area contributed by atoms with Crippen LogP contribution in [0.3, 0.4) is 0 Å². The van der Waals surface area contributed by atoms with Crippen LogP contribution >= 0.6 is 0 Å². The van der Waals surface area contributed by atoms with Crippen LogP contribution in [0.1, 0.15) is 45.6 Å². The highest BCUT2D eigenvalue weighted by atomic mass is 16.2. The fourth-order valence-corrected chi connectivity index (χ4v) is 2.61. The lowest BCUT2D eigenvalue weighted by molar-refractivity contribution is -0.118. The minimum Gasteiger partial charge on any atom is -0.326 e. The molecule has 1 atom stereocenters. The summed E-state index contributed by atoms with van der Waals surface area (Å²) in [7, 11) is 0. The molecule has 0 aromatic heterocycles. The molecule has 1 unspecified atom stereocenters. The van der Waals surface area contributed by atoms with Gasteiger partial charge in [0.05, 0.1) is 5.92 Å². The molecular formula is C16H22N2O2. The summed E-state index contributed by atoms with van der Waals surface area (Å²) in [6.45, 7) is 8.09. The van der Waals surface area contributed by atoms with Gasteiger partial charge in [-0.25, -0.2) is 0 Å². The second-order valence-corrected chi connectivity index (χ2v) is 6.16. The Morgan fingerprint density at radius 3 is 2.60 bits per heavy atom. The molecule has 2 rings (SSSR count). The summed E-state index contributed by atoms with van der Waals surface area (Å²) >= 11 is 0. The maximum absolute atomic E-state index is 12.0. The average Bonchev–Trinajstić information content (AvgIpc) is 2.63. The van der Waals surface area contributed by atoms with Gasteiger partial charge in [-0.05, 0) is 35.6 Å². The van der Waals surface area contributed by atoms with Crippen LogP contribution in [0.2, 0.25) is 0 Å². The molecule has 108 valence electrons. The van der Waals surface area contributed by atoms with E-state index in [1.807, 2.05) is 45.9 Å². The van der Waals surface area contributed by atoms with Crippen molar-refractivity contribution in [3.8, 4) is 0 Å². The van der Waals surface area contributed by atoms with Gasteiger partial charge in [-0.15, -0.1) is 0 Å². The molecule has 1 heterocycles. The average molecular weight is 274 g/mol. The Morgan fingerprint density at radius 2 is 2.00 bits per heavy atom. The monoisotopic (exact) mass is 274 g/mol. The van der Waals surface area contributed by atoms with Gasteiger partial charge in [0.15, 0.2) is 0 Å². The lowest BCUT2D eigenvalue weighted by Crippen LogP contribution is -2.17. The zero-order valence-electron chi connectivity index (χ0n) is 12.5. The molecule has 0 aliphatic carbocycles. The van der Waals surface area contributed by atoms with Gasteiger partial charge in [-0.2, -0.15) is 0 Å². The first kappa shape index (κ1) is 14.6. The first-order valence-corrected chi connectivity index (χ1v) is 7.13. The number of hydrogen-bond acceptors (Lipinski definition) is 2. The molecule has 2 amide bonds. The molecular weight excluding hydrogens is 252 g/mol. The summed E-state index contributed by atoms with van der Waals surface area (Å²) in [5.74, 6) is 0.486. The Kier molecular flexibility index (Phi) is 4.12. The number of fused-ring (bicyclic) bond motifs is 1. The van der Waals surface area contributed by atoms with Gasteiger partial charge in [0.25, 0.3) is 0 Å². The van der Waals surface area contributed by atoms with E-state index in [4.69, 9.17) is 0 Å². The number of nitrogens with one attached hydrogen (secondary N) is 2. The molecule has 0 saturated heterocycles. The molecule has 1 aromatic rings. The van der Waals surface area contributed by atoms with Crippen LogP contribution in [0, 0.1) is 11.8 Å². The summed E-state index contributed by atoms with van der Waals surface area (Å²) in [4.78, 5) is 23.8. The molecule has 0 saturated carbocycles. The Bertz CT molecular complexity index is 535. The normalized spacial score (nSPS) is 17.3. The number of amides is 2. The number of benzene rings is 1. The van der Waals surface area contributed by atoms with Crippen molar-refractivity contribution in [2.75, 3.05) is 10.6 Å². The van der Waals surface area contributed by atoms with Crippen LogP contribution in [-0.2, 0) is 9.59 Å². The van der Waals surface area contributed by atoms with Crippen molar-refractivity contribution in [2.45, 2.75) is 40.0 Å². The second-order valence-electron chi connectivity index (χ2n) is 6.16. The first-order chi connectivity index (χ1) is 9.38. The number of carbonyl (C=O) groups excluding carboxylic acids is 2. The molecule has 20 heavy (non-hydrogen) atoms. The third kappa shape index (κ3) is 3.00. The Balaban J connectivity index is 2.20. The summed E-state index contributed by atoms with van der Waals surface area (Å²) in [6, 6.07) is 5.61. The standard InChI is InChI=1S/C16H22N2O2/c1-9(2)7-14(19)17-11-5-6-13-12(8-11)15(10(3)4)16(20)18-13/h5-6,8-10,15H,7H2,1-4H3,(H,17,19)(H,18,20). The SMILES string of the molecule is CC(C)CC(=O)Nc1ccc2c(c1)C(C(C)C)C(=O)N2. The smallest absolute Gasteiger partial charge is 0.232 e. The van der Waals surface area contributed by atoms with Crippen molar-refractivity contribution in [1.29, 1.82) is 0 Å². The van der Waals surface area contributed by atoms with Crippen LogP contribution in [0.25, 0.3) is 0 Å². The van der Waals surface area contributed by atoms with Crippen LogP contribution in [0.4, 0.5) is 11.4 Å². The fraction of sp³-hybridized carbons (Fsp3) is 0.500. The van der Waals surface area contributed by atoms with Gasteiger partial charge in [0, 0.05) is 17.8 Å². The highest BCUT2D eigenvalue weighted by molar-refractivity contribution is 6.04. The van der Waals surface area contributed by atoms with Gasteiger partial charge in [-0.3, -0.25) is 9.59 Å². The van der Waals surface area contributed by atoms with Crippen molar-refractivity contribution in [2.24, 2.45) is 11.8 Å². The van der Waals surface area contributed by atoms with Crippen LogP contribution in [0.15, 0.2) is 18.2 Å². The molecule has 0 radical (unpaired) electrons. The van der Waals surface area contributed by atoms with Gasteiger partial charge < -0.3 is 10.6 Å². The number of anilines is 2. The van der Waals surface area contributed by atoms with Gasteiger partial charge in [0.2, 0.25) is 11.8 Å². The zero-order chi connectivity index (χ0) is 14.9. The summed E-state index contributed by atoms with van der Waals surface area (Å²) in [5, 5.41) is 5.79. The number of hydrogen-bond donors (Lipinski definition) is 2. The maximum atomic E-state index is 12.0. The Labute approximate surface area is 119 Å². The highest BCUT2D eigenvalue weighted by Crippen LogP contribution is 2.38. The van der Waals surface area contributed by atoms with E-state index in [1.165, 1.54) is 0 Å². The minimum atomic E-state index is -0.132. The predicted molar refractivity (Wildman–Crippen MR) is 80.7 cm³/mol. The largest absolute Gasteiger partial charge is 0.326 e. The maximum Gasteiger partial charge on any atom is 0.232 e. The van der Waals surface area contributed by atoms with Crippen molar-refractivity contribution in [3.63, 3.8) is 0 Å². The molecule has 1 aliphatic heterocycles. The summed E-state index contributed by atoms with van der Waals surface area (Å²) < 4.78 is 0. The van der Waals surface area contributed by atoms with Crippen LogP contribution < -0.4 is 10.6 Å². The molecule has 2 N–H and O–H groups in total. The highest BCUT2D eigenvalue weighted by Gasteiger charge is 2.32. The Hall–Kier alpha value is -1.84. The van der Waals surface area contributed by atoms with Gasteiger partial charge in [-0.1, -0.05) is 27.7 Å². The lowest BCUT2D eigenvalue weighted by atomic mass is 9.89. The molecule has 0 spiro atoms. The van der Waals surface area contributed by atoms with Crippen molar-refractivity contribution in [3.05, 3.63) is 23.8 Å². The number of rotatable bonds is 4. The van der Waals surface area contributed by atoms with Crippen molar-refractivity contribution >= 4 is 23.2 Å². The quantitative estimate of drug-likeness (QED) is 0.884. The van der Waals surface area contributed by atoms with Crippen molar-refractivity contribution < 1.29 is 9.59 Å². The molecule has 4 heteroatoms. The zero-order valence-corrected chi connectivity index (χ0v) is 12.5. The van der Waals surface area contributed by atoms with E-state index in [0.29, 0.717) is 12.3 Å². The van der Waals surface area contributed by atoms with Crippen LogP contribution in [0.5, 0.6) is 0 Å². The topological polar surface area (TPSA) is 58.2 Å². The predicted octanol–water partition coefficient (Wildman–Crippen LogP) is 3.36. The minimum absolute atomic E-state index is 0.0123. The first-order valence-electron chi connectivity index (χ1n) is 7.13. The molecule has 1 aliphatic rings. The van der Waals surface area contributed by atoms with Crippen molar-refractivity contribution in [1.82, 2.24) is 0 Å². The molecule has 4 nitrogen and oxygen atoms in total. The van der Waals surface area contributed by atoms with Gasteiger partial charge in [0.1, 0.15) is 0 Å². The number of carbonyl (C=O) groups is 2. The molecule has 0 bridgehead atoms. The second kappa shape index (κ2) is 5.65. The fourth-order valence-electron chi connectivity index (χ4n) is 2.61. The van der Waals surface area contributed by atoms with E-state index in [2.05, 4.69) is 10.6 Å². The van der Waals surface area contributed by atoms with E-state index >= 15 is 0 Å². The Morgan fingerprint density at radius 1 is 1.30 bits per heavy atom. The molecule has 0 fully saturated rings. The van der Waals surface area contributed by atoms with Gasteiger partial charge >= 0.3 is 0 Å². The lowest BCUT2D eigenvalue weighted by Gasteiger charge is -2.14. The third-order valence-corrected chi connectivity index (χ3v) is 3.47. The van der Waals surface area contributed by atoms with E-state index < -0.39 is 0 Å². The summed E-state index contributed by atoms with van der Waals surface area (Å²) in [6.07, 6.45) is 0.502. The van der Waals surface area contributed by atoms with Crippen LogP contribution in [-0.4, -0.2) is 11.8 Å². The van der Waals surface area contributed by atoms with E-state index in [0.717, 1.165) is 16.9 Å². The van der Waals surface area contributed by atoms with E-state index in [9.17, 15) is 9.59 Å².